The lowest BCUT2D eigenvalue weighted by Gasteiger charge is -2.21. The summed E-state index contributed by atoms with van der Waals surface area (Å²) in [5.74, 6) is 0.700. The number of oxime groups is 1. The molecule has 0 bridgehead atoms. The van der Waals surface area contributed by atoms with Crippen LogP contribution in [0.3, 0.4) is 0 Å². The molecule has 0 saturated carbocycles. The molecule has 0 radical (unpaired) electrons. The molecule has 1 unspecified atom stereocenters. The van der Waals surface area contributed by atoms with Crippen molar-refractivity contribution in [3.05, 3.63) is 112 Å². The minimum atomic E-state index is -4.22. The van der Waals surface area contributed by atoms with Crippen molar-refractivity contribution in [1.82, 2.24) is 0 Å². The van der Waals surface area contributed by atoms with E-state index in [0.717, 1.165) is 45.0 Å². The summed E-state index contributed by atoms with van der Waals surface area (Å²) in [6, 6.07) is 26.3. The fourth-order valence-corrected chi connectivity index (χ4v) is 6.53. The number of fused-ring (bicyclic) bond motifs is 1. The fourth-order valence-electron chi connectivity index (χ4n) is 5.12. The Labute approximate surface area is 246 Å². The molecule has 0 N–H and O–H groups in total. The van der Waals surface area contributed by atoms with Crippen LogP contribution in [-0.2, 0) is 14.4 Å². The van der Waals surface area contributed by atoms with Gasteiger partial charge in [0, 0.05) is 11.1 Å². The van der Waals surface area contributed by atoms with Crippen LogP contribution in [0.4, 0.5) is 0 Å². The standard InChI is InChI=1S/C36H43NO3S/c1-9-26(8)27-14-17-29(18-15-27)35(31-19-16-28-12-10-11-13-30(28)20-31)37-40-41(38,39)36-33(24(4)5)21-32(23(2)3)22-34(36)25(6)7/h10-26H,9H2,1-8H3. The molecular formula is C36H43NO3S. The van der Waals surface area contributed by atoms with Crippen molar-refractivity contribution in [3.63, 3.8) is 0 Å². The highest BCUT2D eigenvalue weighted by atomic mass is 32.2. The minimum absolute atomic E-state index is 0.00314. The molecule has 4 nitrogen and oxygen atoms in total. The van der Waals surface area contributed by atoms with Gasteiger partial charge in [-0.1, -0.05) is 133 Å². The molecule has 0 aliphatic carbocycles. The lowest BCUT2D eigenvalue weighted by Crippen LogP contribution is -2.15. The third-order valence-corrected chi connectivity index (χ3v) is 9.19. The Morgan fingerprint density at radius 1 is 0.683 bits per heavy atom. The Bertz CT molecular complexity index is 1620. The summed E-state index contributed by atoms with van der Waals surface area (Å²) < 4.78 is 33.6. The van der Waals surface area contributed by atoms with Gasteiger partial charge in [0.05, 0.1) is 0 Å². The van der Waals surface area contributed by atoms with Gasteiger partial charge in [0.2, 0.25) is 0 Å². The second-order valence-electron chi connectivity index (χ2n) is 12.0. The van der Waals surface area contributed by atoms with E-state index in [2.05, 4.69) is 51.0 Å². The first-order valence-corrected chi connectivity index (χ1v) is 16.1. The predicted molar refractivity (Wildman–Crippen MR) is 172 cm³/mol. The second kappa shape index (κ2) is 12.6. The van der Waals surface area contributed by atoms with Gasteiger partial charge in [-0.05, 0) is 69.2 Å². The van der Waals surface area contributed by atoms with Crippen molar-refractivity contribution < 1.29 is 12.7 Å². The molecule has 4 aromatic rings. The number of hydrogen-bond donors (Lipinski definition) is 0. The zero-order valence-corrected chi connectivity index (χ0v) is 26.4. The van der Waals surface area contributed by atoms with Crippen LogP contribution in [0.25, 0.3) is 10.8 Å². The summed E-state index contributed by atoms with van der Waals surface area (Å²) >= 11 is 0. The molecule has 0 fully saturated rings. The summed E-state index contributed by atoms with van der Waals surface area (Å²) in [5.41, 5.74) is 5.95. The first kappa shape index (κ1) is 30.5. The van der Waals surface area contributed by atoms with Crippen LogP contribution in [-0.4, -0.2) is 14.1 Å². The van der Waals surface area contributed by atoms with Crippen LogP contribution in [0.2, 0.25) is 0 Å². The fraction of sp³-hybridized carbons (Fsp3) is 0.361. The van der Waals surface area contributed by atoms with Gasteiger partial charge in [0.25, 0.3) is 0 Å². The Morgan fingerprint density at radius 3 is 1.78 bits per heavy atom. The molecule has 4 rings (SSSR count). The maximum Gasteiger partial charge on any atom is 0.359 e. The Kier molecular flexibility index (Phi) is 9.38. The van der Waals surface area contributed by atoms with E-state index in [4.69, 9.17) is 4.28 Å². The van der Waals surface area contributed by atoms with Crippen LogP contribution >= 0.6 is 0 Å². The van der Waals surface area contributed by atoms with E-state index in [-0.39, 0.29) is 22.6 Å². The average Bonchev–Trinajstić information content (AvgIpc) is 2.96. The minimum Gasteiger partial charge on any atom is -0.264 e. The zero-order valence-electron chi connectivity index (χ0n) is 25.6. The van der Waals surface area contributed by atoms with Crippen molar-refractivity contribution in [2.24, 2.45) is 5.16 Å². The largest absolute Gasteiger partial charge is 0.359 e. The van der Waals surface area contributed by atoms with E-state index in [1.807, 2.05) is 88.4 Å². The Morgan fingerprint density at radius 2 is 1.24 bits per heavy atom. The van der Waals surface area contributed by atoms with E-state index in [1.165, 1.54) is 5.56 Å². The molecule has 0 saturated heterocycles. The highest BCUT2D eigenvalue weighted by Gasteiger charge is 2.29. The lowest BCUT2D eigenvalue weighted by molar-refractivity contribution is 0.338. The molecule has 5 heteroatoms. The molecule has 0 spiro atoms. The van der Waals surface area contributed by atoms with E-state index in [9.17, 15) is 8.42 Å². The maximum absolute atomic E-state index is 14.0. The second-order valence-corrected chi connectivity index (χ2v) is 13.4. The maximum atomic E-state index is 14.0. The van der Waals surface area contributed by atoms with Crippen molar-refractivity contribution in [3.8, 4) is 0 Å². The molecule has 216 valence electrons. The van der Waals surface area contributed by atoms with E-state index >= 15 is 0 Å². The summed E-state index contributed by atoms with van der Waals surface area (Å²) in [5, 5.41) is 6.55. The summed E-state index contributed by atoms with van der Waals surface area (Å²) in [7, 11) is -4.22. The van der Waals surface area contributed by atoms with Crippen molar-refractivity contribution >= 4 is 26.6 Å². The van der Waals surface area contributed by atoms with Crippen LogP contribution in [0.5, 0.6) is 0 Å². The smallest absolute Gasteiger partial charge is 0.264 e. The van der Waals surface area contributed by atoms with Gasteiger partial charge in [-0.25, -0.2) is 0 Å². The molecule has 0 heterocycles. The molecule has 0 aliphatic rings. The molecule has 4 aromatic carbocycles. The summed E-state index contributed by atoms with van der Waals surface area (Å²) in [6.45, 7) is 16.7. The third-order valence-electron chi connectivity index (χ3n) is 7.94. The van der Waals surface area contributed by atoms with Crippen molar-refractivity contribution in [1.29, 1.82) is 0 Å². The van der Waals surface area contributed by atoms with Crippen LogP contribution in [0.1, 0.15) is 119 Å². The van der Waals surface area contributed by atoms with Gasteiger partial charge >= 0.3 is 10.1 Å². The molecular weight excluding hydrogens is 526 g/mol. The average molecular weight is 570 g/mol. The lowest BCUT2D eigenvalue weighted by atomic mass is 9.89. The van der Waals surface area contributed by atoms with Crippen LogP contribution < -0.4 is 0 Å². The first-order chi connectivity index (χ1) is 19.4. The molecule has 0 aliphatic heterocycles. The van der Waals surface area contributed by atoms with Crippen molar-refractivity contribution in [2.45, 2.75) is 90.4 Å². The summed E-state index contributed by atoms with van der Waals surface area (Å²) in [4.78, 5) is 0.237. The van der Waals surface area contributed by atoms with Gasteiger partial charge in [-0.2, -0.15) is 8.42 Å². The van der Waals surface area contributed by atoms with E-state index in [0.29, 0.717) is 11.6 Å². The topological polar surface area (TPSA) is 55.7 Å². The zero-order chi connectivity index (χ0) is 29.9. The van der Waals surface area contributed by atoms with Crippen LogP contribution in [0.15, 0.2) is 88.9 Å². The molecule has 1 atom stereocenters. The Balaban J connectivity index is 1.87. The SMILES string of the molecule is CCC(C)c1ccc(C(=NOS(=O)(=O)c2c(C(C)C)cc(C(C)C)cc2C(C)C)c2ccc3ccccc3c2)cc1. The quantitative estimate of drug-likeness (QED) is 0.141. The number of rotatable bonds is 10. The van der Waals surface area contributed by atoms with Gasteiger partial charge in [-0.15, -0.1) is 0 Å². The van der Waals surface area contributed by atoms with Gasteiger partial charge in [0.1, 0.15) is 10.6 Å². The van der Waals surface area contributed by atoms with E-state index < -0.39 is 10.1 Å². The molecule has 41 heavy (non-hydrogen) atoms. The normalized spacial score (nSPS) is 13.4. The highest BCUT2D eigenvalue weighted by molar-refractivity contribution is 7.86. The van der Waals surface area contributed by atoms with Gasteiger partial charge < -0.3 is 0 Å². The number of hydrogen-bond acceptors (Lipinski definition) is 4. The first-order valence-electron chi connectivity index (χ1n) is 14.7. The van der Waals surface area contributed by atoms with Gasteiger partial charge in [-0.3, -0.25) is 4.28 Å². The third kappa shape index (κ3) is 6.73. The predicted octanol–water partition coefficient (Wildman–Crippen LogP) is 9.88. The van der Waals surface area contributed by atoms with E-state index in [1.54, 1.807) is 0 Å². The molecule has 0 aromatic heterocycles. The monoisotopic (exact) mass is 569 g/mol. The summed E-state index contributed by atoms with van der Waals surface area (Å²) in [6.07, 6.45) is 1.04. The van der Waals surface area contributed by atoms with Crippen LogP contribution in [0, 0.1) is 0 Å². The van der Waals surface area contributed by atoms with Gasteiger partial charge in [0.15, 0.2) is 0 Å². The highest BCUT2D eigenvalue weighted by Crippen LogP contribution is 2.36. The Hall–Kier alpha value is -3.44. The molecule has 0 amide bonds. The van der Waals surface area contributed by atoms with Crippen molar-refractivity contribution in [2.75, 3.05) is 0 Å². The number of benzene rings is 4. The number of nitrogens with zero attached hydrogens (tertiary/aromatic N) is 1.